The lowest BCUT2D eigenvalue weighted by atomic mass is 10.2. The maximum Gasteiger partial charge on any atom is 0.404 e. The van der Waals surface area contributed by atoms with Gasteiger partial charge in [-0.2, -0.15) is 0 Å². The Morgan fingerprint density at radius 3 is 2.78 bits per heavy atom. The number of hydrogen-bond donors (Lipinski definition) is 1. The molecule has 0 aromatic heterocycles. The van der Waals surface area contributed by atoms with Gasteiger partial charge < -0.3 is 15.3 Å². The van der Waals surface area contributed by atoms with Gasteiger partial charge in [-0.15, -0.1) is 0 Å². The Balaban J connectivity index is 3.26. The summed E-state index contributed by atoms with van der Waals surface area (Å²) in [6.45, 7) is 1.70. The Labute approximate surface area is 53.0 Å². The average molecular weight is 131 g/mol. The first-order valence-electron chi connectivity index (χ1n) is 2.54. The van der Waals surface area contributed by atoms with E-state index in [-0.39, 0.29) is 12.5 Å². The van der Waals surface area contributed by atoms with Crippen LogP contribution in [-0.4, -0.2) is 19.0 Å². The van der Waals surface area contributed by atoms with Gasteiger partial charge in [0.15, 0.2) is 0 Å². The summed E-state index contributed by atoms with van der Waals surface area (Å²) in [7, 11) is 0. The molecule has 0 saturated carbocycles. The largest absolute Gasteiger partial charge is 0.449 e. The van der Waals surface area contributed by atoms with Crippen molar-refractivity contribution >= 4 is 12.4 Å². The van der Waals surface area contributed by atoms with Crippen molar-refractivity contribution in [2.75, 3.05) is 6.61 Å². The van der Waals surface area contributed by atoms with E-state index in [1.54, 1.807) is 6.92 Å². The SMILES string of the molecule is CC(C=O)COC(N)=O. The number of nitrogens with two attached hydrogens (primary N) is 1. The van der Waals surface area contributed by atoms with Gasteiger partial charge in [0.05, 0.1) is 0 Å². The quantitative estimate of drug-likeness (QED) is 0.544. The highest BCUT2D eigenvalue weighted by atomic mass is 16.5. The zero-order valence-corrected chi connectivity index (χ0v) is 5.16. The lowest BCUT2D eigenvalue weighted by Gasteiger charge is -2.01. The predicted octanol–water partition coefficient (Wildman–Crippen LogP) is -0.0833. The molecule has 0 aromatic carbocycles. The molecule has 0 aliphatic heterocycles. The minimum absolute atomic E-state index is 0.0683. The van der Waals surface area contributed by atoms with Crippen LogP contribution in [0.1, 0.15) is 6.92 Å². The molecule has 0 fully saturated rings. The molecule has 2 N–H and O–H groups in total. The van der Waals surface area contributed by atoms with Gasteiger partial charge in [0, 0.05) is 5.92 Å². The second-order valence-electron chi connectivity index (χ2n) is 1.74. The third-order valence-corrected chi connectivity index (χ3v) is 0.721. The summed E-state index contributed by atoms with van der Waals surface area (Å²) < 4.78 is 4.30. The molecule has 0 saturated heterocycles. The second kappa shape index (κ2) is 3.88. The summed E-state index contributed by atoms with van der Waals surface area (Å²) in [5.74, 6) is -0.266. The number of rotatable bonds is 3. The minimum atomic E-state index is -0.844. The van der Waals surface area contributed by atoms with Crippen LogP contribution in [0, 0.1) is 5.92 Å². The molecule has 1 unspecified atom stereocenters. The molecule has 4 heteroatoms. The zero-order chi connectivity index (χ0) is 7.28. The van der Waals surface area contributed by atoms with Crippen LogP contribution < -0.4 is 5.73 Å². The number of amides is 1. The molecule has 0 radical (unpaired) electrons. The molecule has 0 heterocycles. The molecule has 0 aliphatic carbocycles. The Morgan fingerprint density at radius 1 is 1.89 bits per heavy atom. The van der Waals surface area contributed by atoms with Crippen LogP contribution in [0.4, 0.5) is 4.79 Å². The highest BCUT2D eigenvalue weighted by molar-refractivity contribution is 5.65. The fourth-order valence-corrected chi connectivity index (χ4v) is 0.253. The highest BCUT2D eigenvalue weighted by Crippen LogP contribution is 1.88. The number of carbonyl (C=O) groups excluding carboxylic acids is 2. The molecular weight excluding hydrogens is 122 g/mol. The van der Waals surface area contributed by atoms with Crippen LogP contribution >= 0.6 is 0 Å². The van der Waals surface area contributed by atoms with Crippen molar-refractivity contribution in [3.05, 3.63) is 0 Å². The predicted molar refractivity (Wildman–Crippen MR) is 30.8 cm³/mol. The molecule has 0 bridgehead atoms. The van der Waals surface area contributed by atoms with E-state index in [4.69, 9.17) is 0 Å². The highest BCUT2D eigenvalue weighted by Gasteiger charge is 2.00. The van der Waals surface area contributed by atoms with E-state index < -0.39 is 6.09 Å². The summed E-state index contributed by atoms with van der Waals surface area (Å²) in [5, 5.41) is 0. The molecule has 1 amide bonds. The number of hydrogen-bond acceptors (Lipinski definition) is 3. The van der Waals surface area contributed by atoms with Gasteiger partial charge in [-0.3, -0.25) is 0 Å². The van der Waals surface area contributed by atoms with Crippen molar-refractivity contribution in [3.8, 4) is 0 Å². The van der Waals surface area contributed by atoms with Crippen LogP contribution in [0.25, 0.3) is 0 Å². The van der Waals surface area contributed by atoms with Gasteiger partial charge in [-0.25, -0.2) is 4.79 Å². The van der Waals surface area contributed by atoms with Gasteiger partial charge in [0.2, 0.25) is 0 Å². The van der Waals surface area contributed by atoms with Gasteiger partial charge in [-0.1, -0.05) is 6.92 Å². The summed E-state index contributed by atoms with van der Waals surface area (Å²) in [5.41, 5.74) is 4.62. The molecule has 0 rings (SSSR count). The molecule has 0 aliphatic rings. The van der Waals surface area contributed by atoms with Crippen LogP contribution in [0.15, 0.2) is 0 Å². The molecule has 1 atom stereocenters. The molecule has 0 aromatic rings. The Morgan fingerprint density at radius 2 is 2.44 bits per heavy atom. The number of carbonyl (C=O) groups is 2. The van der Waals surface area contributed by atoms with Crippen molar-refractivity contribution in [1.82, 2.24) is 0 Å². The van der Waals surface area contributed by atoms with E-state index in [9.17, 15) is 9.59 Å². The first-order chi connectivity index (χ1) is 4.16. The van der Waals surface area contributed by atoms with Crippen LogP contribution in [0.3, 0.4) is 0 Å². The lowest BCUT2D eigenvalue weighted by molar-refractivity contribution is -0.111. The van der Waals surface area contributed by atoms with Gasteiger partial charge in [0.1, 0.15) is 12.9 Å². The molecule has 4 nitrogen and oxygen atoms in total. The van der Waals surface area contributed by atoms with E-state index in [0.29, 0.717) is 6.29 Å². The van der Waals surface area contributed by atoms with Gasteiger partial charge in [-0.05, 0) is 0 Å². The van der Waals surface area contributed by atoms with Crippen LogP contribution in [0.5, 0.6) is 0 Å². The van der Waals surface area contributed by atoms with E-state index >= 15 is 0 Å². The summed E-state index contributed by atoms with van der Waals surface area (Å²) in [6.07, 6.45) is -0.146. The van der Waals surface area contributed by atoms with Crippen molar-refractivity contribution in [3.63, 3.8) is 0 Å². The smallest absolute Gasteiger partial charge is 0.404 e. The third kappa shape index (κ3) is 4.80. The lowest BCUT2D eigenvalue weighted by Crippen LogP contribution is -2.17. The standard InChI is InChI=1S/C5H9NO3/c1-4(2-7)3-9-5(6)8/h2,4H,3H2,1H3,(H2,6,8). The number of aldehydes is 1. The molecule has 9 heavy (non-hydrogen) atoms. The minimum Gasteiger partial charge on any atom is -0.449 e. The molecule has 0 spiro atoms. The average Bonchev–Trinajstić information content (AvgIpc) is 1.83. The molecule has 52 valence electrons. The van der Waals surface area contributed by atoms with Crippen LogP contribution in [-0.2, 0) is 9.53 Å². The topological polar surface area (TPSA) is 69.4 Å². The van der Waals surface area contributed by atoms with E-state index in [2.05, 4.69) is 10.5 Å². The summed E-state index contributed by atoms with van der Waals surface area (Å²) in [4.78, 5) is 19.8. The Hall–Kier alpha value is -1.06. The van der Waals surface area contributed by atoms with E-state index in [0.717, 1.165) is 0 Å². The first kappa shape index (κ1) is 7.94. The van der Waals surface area contributed by atoms with E-state index in [1.807, 2.05) is 0 Å². The van der Waals surface area contributed by atoms with Crippen molar-refractivity contribution in [2.24, 2.45) is 11.7 Å². The monoisotopic (exact) mass is 131 g/mol. The fraction of sp³-hybridized carbons (Fsp3) is 0.600. The number of primary amides is 1. The number of ether oxygens (including phenoxy) is 1. The molecular formula is C5H9NO3. The maximum atomic E-state index is 9.90. The van der Waals surface area contributed by atoms with Crippen molar-refractivity contribution in [2.45, 2.75) is 6.92 Å². The summed E-state index contributed by atoms with van der Waals surface area (Å²) in [6, 6.07) is 0. The fourth-order valence-electron chi connectivity index (χ4n) is 0.253. The normalized spacial score (nSPS) is 12.1. The first-order valence-corrected chi connectivity index (χ1v) is 2.54. The van der Waals surface area contributed by atoms with Gasteiger partial charge >= 0.3 is 6.09 Å². The van der Waals surface area contributed by atoms with Crippen molar-refractivity contribution < 1.29 is 14.3 Å². The van der Waals surface area contributed by atoms with E-state index in [1.165, 1.54) is 0 Å². The van der Waals surface area contributed by atoms with Crippen LogP contribution in [0.2, 0.25) is 0 Å². The van der Waals surface area contributed by atoms with Crippen molar-refractivity contribution in [1.29, 1.82) is 0 Å². The third-order valence-electron chi connectivity index (χ3n) is 0.721. The Bertz CT molecular complexity index is 113. The Kier molecular flexibility index (Phi) is 3.43. The zero-order valence-electron chi connectivity index (χ0n) is 5.16. The second-order valence-corrected chi connectivity index (χ2v) is 1.74. The summed E-state index contributed by atoms with van der Waals surface area (Å²) >= 11 is 0. The maximum absolute atomic E-state index is 9.90. The van der Waals surface area contributed by atoms with Gasteiger partial charge in [0.25, 0.3) is 0 Å².